The number of carbonyl (C=O) groups excluding carboxylic acids is 2. The molecule has 2 atom stereocenters. The van der Waals surface area contributed by atoms with Crippen molar-refractivity contribution < 1.29 is 41.7 Å². The van der Waals surface area contributed by atoms with E-state index in [1.807, 2.05) is 0 Å². The van der Waals surface area contributed by atoms with Crippen molar-refractivity contribution in [1.82, 2.24) is 20.1 Å². The van der Waals surface area contributed by atoms with E-state index in [0.717, 1.165) is 18.3 Å². The fourth-order valence-corrected chi connectivity index (χ4v) is 5.71. The van der Waals surface area contributed by atoms with Crippen LogP contribution in [0.3, 0.4) is 0 Å². The largest absolute Gasteiger partial charge is 0.494 e. The lowest BCUT2D eigenvalue weighted by Crippen LogP contribution is -2.44. The topological polar surface area (TPSA) is 142 Å². The number of hydrogen-bond acceptors (Lipinski definition) is 7. The molecule has 45 heavy (non-hydrogen) atoms. The summed E-state index contributed by atoms with van der Waals surface area (Å²) in [7, 11) is 1.30. The average Bonchev–Trinajstić information content (AvgIpc) is 3.69. The van der Waals surface area contributed by atoms with E-state index in [1.54, 1.807) is 0 Å². The number of nitrogens with two attached hydrogens (primary N) is 1. The van der Waals surface area contributed by atoms with Crippen molar-refractivity contribution in [2.75, 3.05) is 20.3 Å². The number of hydrogen-bond donors (Lipinski definition) is 3. The highest BCUT2D eigenvalue weighted by Gasteiger charge is 2.50. The molecule has 0 radical (unpaired) electrons. The second kappa shape index (κ2) is 10.9. The highest BCUT2D eigenvalue weighted by Crippen LogP contribution is 2.50. The molecule has 1 saturated carbocycles. The molecule has 4 N–H and O–H groups in total. The molecular weight excluding hydrogens is 622 g/mol. The second-order valence-electron chi connectivity index (χ2n) is 11.3. The average molecular weight is 648 g/mol. The van der Waals surface area contributed by atoms with Gasteiger partial charge in [-0.3, -0.25) is 9.59 Å². The summed E-state index contributed by atoms with van der Waals surface area (Å²) in [6.45, 7) is -2.07. The van der Waals surface area contributed by atoms with E-state index in [2.05, 4.69) is 15.4 Å². The van der Waals surface area contributed by atoms with Crippen LogP contribution in [0, 0.1) is 17.6 Å². The van der Waals surface area contributed by atoms with Gasteiger partial charge in [-0.15, -0.1) is 0 Å². The summed E-state index contributed by atoms with van der Waals surface area (Å²) in [5.74, 6) is -4.03. The first kappa shape index (κ1) is 30.6. The molecule has 2 amide bonds. The van der Waals surface area contributed by atoms with Crippen LogP contribution in [0.5, 0.6) is 11.5 Å². The number of aromatic nitrogens is 3. The first-order chi connectivity index (χ1) is 21.3. The van der Waals surface area contributed by atoms with Crippen LogP contribution >= 0.6 is 11.6 Å². The van der Waals surface area contributed by atoms with Gasteiger partial charge in [0, 0.05) is 22.7 Å². The molecule has 2 aliphatic rings. The maximum Gasteiger partial charge on any atom is 0.333 e. The molecule has 1 aliphatic carbocycles. The molecule has 1 aliphatic heterocycles. The molecule has 2 aromatic heterocycles. The SMILES string of the molecule is COc1cc(C(=O)NCC(O)(c2cc3c(c(-c4c(F)ccc(Cl)c4F)n2)OC[C@]3(C)C(N)=O)C2CC2)cc2cn(C(F)F)nc12. The van der Waals surface area contributed by atoms with Crippen LogP contribution < -0.4 is 20.5 Å². The Labute approximate surface area is 258 Å². The van der Waals surface area contributed by atoms with Crippen molar-refractivity contribution in [2.24, 2.45) is 11.7 Å². The van der Waals surface area contributed by atoms with Gasteiger partial charge in [-0.05, 0) is 56.0 Å². The zero-order valence-corrected chi connectivity index (χ0v) is 24.6. The Morgan fingerprint density at radius 1 is 1.29 bits per heavy atom. The molecular formula is C30H26ClF4N5O5. The van der Waals surface area contributed by atoms with Gasteiger partial charge in [-0.2, -0.15) is 13.9 Å². The lowest BCUT2D eigenvalue weighted by atomic mass is 9.81. The monoisotopic (exact) mass is 647 g/mol. The Hall–Kier alpha value is -4.43. The van der Waals surface area contributed by atoms with Gasteiger partial charge in [0.25, 0.3) is 5.91 Å². The Morgan fingerprint density at radius 3 is 2.67 bits per heavy atom. The first-order valence-corrected chi connectivity index (χ1v) is 14.1. The number of pyridine rings is 1. The number of ether oxygens (including phenoxy) is 2. The van der Waals surface area contributed by atoms with Gasteiger partial charge < -0.3 is 25.6 Å². The van der Waals surface area contributed by atoms with E-state index in [9.17, 15) is 23.5 Å². The summed E-state index contributed by atoms with van der Waals surface area (Å²) in [5.41, 5.74) is 1.68. The molecule has 2 aromatic carbocycles. The predicted octanol–water partition coefficient (Wildman–Crippen LogP) is 4.60. The van der Waals surface area contributed by atoms with Crippen LogP contribution in [-0.2, 0) is 15.8 Å². The number of carbonyl (C=O) groups is 2. The highest BCUT2D eigenvalue weighted by molar-refractivity contribution is 6.31. The summed E-state index contributed by atoms with van der Waals surface area (Å²) in [5, 5.41) is 18.4. The van der Waals surface area contributed by atoms with Crippen LogP contribution in [0.15, 0.2) is 36.5 Å². The van der Waals surface area contributed by atoms with E-state index < -0.39 is 59.0 Å². The highest BCUT2D eigenvalue weighted by atomic mass is 35.5. The Kier molecular flexibility index (Phi) is 7.39. The van der Waals surface area contributed by atoms with Gasteiger partial charge in [0.05, 0.1) is 29.9 Å². The number of nitrogens with zero attached hydrogens (tertiary/aromatic N) is 3. The van der Waals surface area contributed by atoms with Crippen molar-refractivity contribution in [2.45, 2.75) is 37.3 Å². The van der Waals surface area contributed by atoms with Crippen molar-refractivity contribution in [3.05, 3.63) is 70.0 Å². The number of aliphatic hydroxyl groups is 1. The smallest absolute Gasteiger partial charge is 0.333 e. The summed E-state index contributed by atoms with van der Waals surface area (Å²) in [6.07, 6.45) is 2.15. The fourth-order valence-electron chi connectivity index (χ4n) is 5.55. The third-order valence-corrected chi connectivity index (χ3v) is 8.68. The van der Waals surface area contributed by atoms with E-state index in [4.69, 9.17) is 26.8 Å². The van der Waals surface area contributed by atoms with Crippen LogP contribution in [-0.4, -0.2) is 51.9 Å². The molecule has 1 fully saturated rings. The molecule has 4 aromatic rings. The summed E-state index contributed by atoms with van der Waals surface area (Å²) in [6, 6.07) is 6.06. The number of methoxy groups -OCH3 is 1. The molecule has 0 spiro atoms. The van der Waals surface area contributed by atoms with Gasteiger partial charge in [0.1, 0.15) is 46.1 Å². The number of rotatable bonds is 9. The molecule has 0 bridgehead atoms. The van der Waals surface area contributed by atoms with Crippen molar-refractivity contribution >= 4 is 34.3 Å². The molecule has 236 valence electrons. The zero-order chi connectivity index (χ0) is 32.4. The summed E-state index contributed by atoms with van der Waals surface area (Å²) < 4.78 is 68.3. The number of nitrogens with one attached hydrogen (secondary N) is 1. The molecule has 3 heterocycles. The second-order valence-corrected chi connectivity index (χ2v) is 11.7. The van der Waals surface area contributed by atoms with Crippen molar-refractivity contribution in [3.8, 4) is 22.8 Å². The lowest BCUT2D eigenvalue weighted by Gasteiger charge is -2.30. The molecule has 15 heteroatoms. The van der Waals surface area contributed by atoms with Crippen LogP contribution in [0.1, 0.15) is 47.9 Å². The van der Waals surface area contributed by atoms with E-state index in [0.29, 0.717) is 17.5 Å². The van der Waals surface area contributed by atoms with E-state index in [1.165, 1.54) is 32.2 Å². The van der Waals surface area contributed by atoms with Crippen LogP contribution in [0.2, 0.25) is 5.02 Å². The van der Waals surface area contributed by atoms with Gasteiger partial charge in [-0.1, -0.05) is 11.6 Å². The number of fused-ring (bicyclic) bond motifs is 2. The van der Waals surface area contributed by atoms with Crippen LogP contribution in [0.4, 0.5) is 17.6 Å². The molecule has 0 saturated heterocycles. The maximum atomic E-state index is 15.3. The number of primary amides is 1. The Balaban J connectivity index is 1.42. The number of amides is 2. The first-order valence-electron chi connectivity index (χ1n) is 13.8. The zero-order valence-electron chi connectivity index (χ0n) is 23.8. The number of benzene rings is 2. The standard InChI is InChI=1S/C30H26ClF4N5O5/c1-29(27(36)42)12-45-25-16(29)9-20(38-24(25)21-18(32)6-5-17(31)22(21)33)30(43,15-3-4-15)11-37-26(41)13-7-14-10-40(28(34)35)39-23(14)19(8-13)44-2/h5-10,15,28,43H,3-4,11-12H2,1-2H3,(H2,36,42)(H,37,41)/t29-,30?/m0/s1. The van der Waals surface area contributed by atoms with Gasteiger partial charge in [0.15, 0.2) is 5.82 Å². The van der Waals surface area contributed by atoms with Gasteiger partial charge in [-0.25, -0.2) is 18.4 Å². The Bertz CT molecular complexity index is 1880. The minimum atomic E-state index is -2.91. The fraction of sp³-hybridized carbons (Fsp3) is 0.333. The van der Waals surface area contributed by atoms with E-state index >= 15 is 8.78 Å². The Morgan fingerprint density at radius 2 is 2.02 bits per heavy atom. The van der Waals surface area contributed by atoms with Crippen LogP contribution in [0.25, 0.3) is 22.2 Å². The van der Waals surface area contributed by atoms with Crippen molar-refractivity contribution in [1.29, 1.82) is 0 Å². The quantitative estimate of drug-likeness (QED) is 0.178. The molecule has 1 unspecified atom stereocenters. The third-order valence-electron chi connectivity index (χ3n) is 8.39. The van der Waals surface area contributed by atoms with Gasteiger partial charge in [0.2, 0.25) is 5.91 Å². The van der Waals surface area contributed by atoms with Crippen molar-refractivity contribution in [3.63, 3.8) is 0 Å². The summed E-state index contributed by atoms with van der Waals surface area (Å²) >= 11 is 5.97. The van der Waals surface area contributed by atoms with Gasteiger partial charge >= 0.3 is 6.55 Å². The normalized spacial score (nSPS) is 18.9. The number of alkyl halides is 2. The van der Waals surface area contributed by atoms with E-state index in [-0.39, 0.29) is 56.5 Å². The lowest BCUT2D eigenvalue weighted by molar-refractivity contribution is -0.123. The predicted molar refractivity (Wildman–Crippen MR) is 153 cm³/mol. The molecule has 10 nitrogen and oxygen atoms in total. The molecule has 6 rings (SSSR count). The minimum absolute atomic E-state index is 0.0340. The summed E-state index contributed by atoms with van der Waals surface area (Å²) in [4.78, 5) is 30.4. The third kappa shape index (κ3) is 5.01. The maximum absolute atomic E-state index is 15.3. The number of halogens is 5. The minimum Gasteiger partial charge on any atom is -0.494 e.